The molecule has 2 aliphatic heterocycles. The fraction of sp³-hybridized carbons (Fsp3) is 0.500. The Hall–Kier alpha value is -1.72. The molecule has 1 aromatic rings. The van der Waals surface area contributed by atoms with Crippen LogP contribution < -0.4 is 0 Å². The average molecular weight is 288 g/mol. The number of benzene rings is 1. The van der Waals surface area contributed by atoms with Gasteiger partial charge < -0.3 is 10.0 Å². The molecule has 1 amide bonds. The van der Waals surface area contributed by atoms with Crippen molar-refractivity contribution in [1.29, 1.82) is 0 Å². The Labute approximate surface area is 124 Å². The second-order valence-corrected chi connectivity index (χ2v) is 5.78. The Morgan fingerprint density at radius 2 is 1.71 bits per heavy atom. The second-order valence-electron chi connectivity index (χ2n) is 5.78. The van der Waals surface area contributed by atoms with Crippen molar-refractivity contribution in [2.75, 3.05) is 26.2 Å². The number of amides is 1. The van der Waals surface area contributed by atoms with Crippen LogP contribution in [0, 0.1) is 0 Å². The van der Waals surface area contributed by atoms with Crippen LogP contribution in [-0.4, -0.2) is 64.9 Å². The van der Waals surface area contributed by atoms with Gasteiger partial charge in [-0.3, -0.25) is 14.5 Å². The normalized spacial score (nSPS) is 26.2. The first-order valence-electron chi connectivity index (χ1n) is 7.47. The van der Waals surface area contributed by atoms with Crippen LogP contribution >= 0.6 is 0 Å². The van der Waals surface area contributed by atoms with Crippen molar-refractivity contribution < 1.29 is 14.7 Å². The molecule has 0 radical (unpaired) electrons. The average Bonchev–Trinajstić information content (AvgIpc) is 3.15. The summed E-state index contributed by atoms with van der Waals surface area (Å²) in [4.78, 5) is 28.2. The van der Waals surface area contributed by atoms with Gasteiger partial charge in [0.15, 0.2) is 0 Å². The van der Waals surface area contributed by atoms with E-state index in [-0.39, 0.29) is 12.6 Å². The maximum atomic E-state index is 12.3. The summed E-state index contributed by atoms with van der Waals surface area (Å²) >= 11 is 0. The van der Waals surface area contributed by atoms with Gasteiger partial charge in [0.2, 0.25) is 5.78 Å². The van der Waals surface area contributed by atoms with Crippen LogP contribution in [0.2, 0.25) is 0 Å². The predicted octanol–water partition coefficient (Wildman–Crippen LogP) is 0.537. The van der Waals surface area contributed by atoms with Gasteiger partial charge >= 0.3 is 0 Å². The summed E-state index contributed by atoms with van der Waals surface area (Å²) in [7, 11) is 0. The van der Waals surface area contributed by atoms with Gasteiger partial charge in [-0.1, -0.05) is 30.3 Å². The van der Waals surface area contributed by atoms with Gasteiger partial charge in [-0.15, -0.1) is 0 Å². The number of carbonyl (C=O) groups is 2. The summed E-state index contributed by atoms with van der Waals surface area (Å²) in [6, 6.07) is 8.55. The third-order valence-corrected chi connectivity index (χ3v) is 4.39. The van der Waals surface area contributed by atoms with Gasteiger partial charge in [-0.2, -0.15) is 0 Å². The van der Waals surface area contributed by atoms with Gasteiger partial charge in [-0.05, 0) is 25.9 Å². The molecule has 2 aliphatic rings. The highest BCUT2D eigenvalue weighted by Crippen LogP contribution is 2.21. The van der Waals surface area contributed by atoms with Crippen LogP contribution in [0.1, 0.15) is 23.2 Å². The van der Waals surface area contributed by atoms with E-state index in [0.29, 0.717) is 12.1 Å². The summed E-state index contributed by atoms with van der Waals surface area (Å²) in [5, 5.41) is 10.2. The molecule has 0 saturated carbocycles. The summed E-state index contributed by atoms with van der Waals surface area (Å²) in [5.74, 6) is -1.01. The number of likely N-dealkylation sites (tertiary alicyclic amines) is 2. The van der Waals surface area contributed by atoms with E-state index in [9.17, 15) is 14.7 Å². The van der Waals surface area contributed by atoms with E-state index in [1.165, 1.54) is 4.90 Å². The highest BCUT2D eigenvalue weighted by atomic mass is 16.3. The van der Waals surface area contributed by atoms with Gasteiger partial charge in [-0.25, -0.2) is 0 Å². The molecular weight excluding hydrogens is 268 g/mol. The maximum Gasteiger partial charge on any atom is 0.295 e. The Bertz CT molecular complexity index is 526. The van der Waals surface area contributed by atoms with Crippen molar-refractivity contribution in [2.24, 2.45) is 0 Å². The Morgan fingerprint density at radius 1 is 1.05 bits per heavy atom. The Kier molecular flexibility index (Phi) is 4.03. The van der Waals surface area contributed by atoms with Crippen molar-refractivity contribution in [2.45, 2.75) is 25.0 Å². The van der Waals surface area contributed by atoms with E-state index in [1.54, 1.807) is 24.3 Å². The van der Waals surface area contributed by atoms with E-state index in [4.69, 9.17) is 0 Å². The first-order valence-corrected chi connectivity index (χ1v) is 7.47. The zero-order valence-corrected chi connectivity index (χ0v) is 11.9. The summed E-state index contributed by atoms with van der Waals surface area (Å²) in [6.45, 7) is 2.63. The van der Waals surface area contributed by atoms with E-state index in [1.807, 2.05) is 6.07 Å². The highest BCUT2D eigenvalue weighted by Gasteiger charge is 2.40. The van der Waals surface area contributed by atoms with E-state index < -0.39 is 17.8 Å². The van der Waals surface area contributed by atoms with Crippen molar-refractivity contribution in [3.8, 4) is 0 Å². The Morgan fingerprint density at radius 3 is 2.38 bits per heavy atom. The monoisotopic (exact) mass is 288 g/mol. The van der Waals surface area contributed by atoms with Gasteiger partial charge in [0.1, 0.15) is 0 Å². The zero-order valence-electron chi connectivity index (χ0n) is 11.9. The number of rotatable bonds is 3. The van der Waals surface area contributed by atoms with Gasteiger partial charge in [0.25, 0.3) is 5.91 Å². The van der Waals surface area contributed by atoms with Crippen LogP contribution in [0.15, 0.2) is 30.3 Å². The third-order valence-electron chi connectivity index (χ3n) is 4.39. The van der Waals surface area contributed by atoms with Crippen LogP contribution in [0.3, 0.4) is 0 Å². The number of hydrogen-bond donors (Lipinski definition) is 1. The number of carbonyl (C=O) groups excluding carboxylic acids is 2. The zero-order chi connectivity index (χ0) is 14.8. The standard InChI is InChI=1S/C16H20N2O3/c19-14-11-18(10-13(14)17-8-4-5-9-17)16(21)15(20)12-6-2-1-3-7-12/h1-3,6-7,13-14,19H,4-5,8-11H2/t13-,14-/m0/s1. The number of aliphatic hydroxyl groups excluding tert-OH is 1. The van der Waals surface area contributed by atoms with Crippen molar-refractivity contribution in [3.63, 3.8) is 0 Å². The van der Waals surface area contributed by atoms with Crippen LogP contribution in [0.4, 0.5) is 0 Å². The van der Waals surface area contributed by atoms with Crippen LogP contribution in [-0.2, 0) is 4.79 Å². The number of nitrogens with zero attached hydrogens (tertiary/aromatic N) is 2. The molecule has 2 fully saturated rings. The molecule has 1 aromatic carbocycles. The Balaban J connectivity index is 1.67. The molecule has 0 unspecified atom stereocenters. The number of hydrogen-bond acceptors (Lipinski definition) is 4. The largest absolute Gasteiger partial charge is 0.390 e. The fourth-order valence-corrected chi connectivity index (χ4v) is 3.22. The first kappa shape index (κ1) is 14.2. The molecule has 2 saturated heterocycles. The number of β-amino-alcohol motifs (C(OH)–C–C–N with tert-alkyl or cyclic N) is 1. The predicted molar refractivity (Wildman–Crippen MR) is 78.0 cm³/mol. The first-order chi connectivity index (χ1) is 10.2. The quantitative estimate of drug-likeness (QED) is 0.651. The lowest BCUT2D eigenvalue weighted by Crippen LogP contribution is -2.42. The molecule has 2 atom stereocenters. The third kappa shape index (κ3) is 2.84. The lowest BCUT2D eigenvalue weighted by atomic mass is 10.1. The molecule has 0 aliphatic carbocycles. The summed E-state index contributed by atoms with van der Waals surface area (Å²) < 4.78 is 0. The van der Waals surface area contributed by atoms with Crippen LogP contribution in [0.25, 0.3) is 0 Å². The molecule has 1 N–H and O–H groups in total. The number of ketones is 1. The molecule has 112 valence electrons. The number of aliphatic hydroxyl groups is 1. The minimum absolute atomic E-state index is 0.0278. The lowest BCUT2D eigenvalue weighted by Gasteiger charge is -2.25. The highest BCUT2D eigenvalue weighted by molar-refractivity contribution is 6.42. The second kappa shape index (κ2) is 5.95. The molecule has 2 heterocycles. The van der Waals surface area contributed by atoms with E-state index >= 15 is 0 Å². The molecule has 0 bridgehead atoms. The molecule has 21 heavy (non-hydrogen) atoms. The molecule has 5 nitrogen and oxygen atoms in total. The fourth-order valence-electron chi connectivity index (χ4n) is 3.22. The molecular formula is C16H20N2O3. The van der Waals surface area contributed by atoms with Crippen molar-refractivity contribution >= 4 is 11.7 Å². The van der Waals surface area contributed by atoms with E-state index in [2.05, 4.69) is 4.90 Å². The molecule has 3 rings (SSSR count). The van der Waals surface area contributed by atoms with Crippen molar-refractivity contribution in [1.82, 2.24) is 9.80 Å². The smallest absolute Gasteiger partial charge is 0.295 e. The SMILES string of the molecule is O=C(C(=O)N1C[C@H](O)[C@@H](N2CCCC2)C1)c1ccccc1. The summed E-state index contributed by atoms with van der Waals surface area (Å²) in [5.41, 5.74) is 0.404. The van der Waals surface area contributed by atoms with Crippen LogP contribution in [0.5, 0.6) is 0 Å². The molecule has 0 spiro atoms. The minimum atomic E-state index is -0.560. The molecule has 0 aromatic heterocycles. The molecule has 5 heteroatoms. The van der Waals surface area contributed by atoms with Gasteiger partial charge in [0, 0.05) is 18.7 Å². The van der Waals surface area contributed by atoms with Gasteiger partial charge in [0.05, 0.1) is 12.1 Å². The minimum Gasteiger partial charge on any atom is -0.390 e. The topological polar surface area (TPSA) is 60.9 Å². The summed E-state index contributed by atoms with van der Waals surface area (Å²) in [6.07, 6.45) is 1.72. The van der Waals surface area contributed by atoms with E-state index in [0.717, 1.165) is 25.9 Å². The maximum absolute atomic E-state index is 12.3. The van der Waals surface area contributed by atoms with Crippen molar-refractivity contribution in [3.05, 3.63) is 35.9 Å². The lowest BCUT2D eigenvalue weighted by molar-refractivity contribution is -0.125. The number of Topliss-reactive ketones (excluding diaryl/α,β-unsaturated/α-hetero) is 1.